The van der Waals surface area contributed by atoms with Gasteiger partial charge in [-0.3, -0.25) is 10.7 Å². The maximum absolute atomic E-state index is 8.67. The van der Waals surface area contributed by atoms with Crippen molar-refractivity contribution in [1.29, 1.82) is 0 Å². The lowest BCUT2D eigenvalue weighted by Gasteiger charge is -2.05. The summed E-state index contributed by atoms with van der Waals surface area (Å²) >= 11 is 0. The highest BCUT2D eigenvalue weighted by molar-refractivity contribution is 5.58. The van der Waals surface area contributed by atoms with Gasteiger partial charge in [-0.25, -0.2) is 0 Å². The zero-order valence-electron chi connectivity index (χ0n) is 6.46. The summed E-state index contributed by atoms with van der Waals surface area (Å²) in [6.45, 7) is 2.02. The van der Waals surface area contributed by atoms with Crippen LogP contribution in [0, 0.1) is 0 Å². The average molecular weight is 152 g/mol. The van der Waals surface area contributed by atoms with Gasteiger partial charge in [0.25, 0.3) is 0 Å². The minimum atomic E-state index is 0.652. The zero-order chi connectivity index (χ0) is 8.27. The zero-order valence-corrected chi connectivity index (χ0v) is 6.46. The highest BCUT2D eigenvalue weighted by Crippen LogP contribution is 2.18. The fourth-order valence-corrected chi connectivity index (χ4v) is 1.01. The normalized spacial score (nSPS) is 9.64. The van der Waals surface area contributed by atoms with Gasteiger partial charge in [-0.1, -0.05) is 13.0 Å². The molecule has 0 aliphatic carbocycles. The summed E-state index contributed by atoms with van der Waals surface area (Å²) in [6.07, 6.45) is 0.878. The van der Waals surface area contributed by atoms with Gasteiger partial charge < -0.3 is 5.73 Å². The SMILES string of the molecule is CCc1ccc(N)cc1NO. The van der Waals surface area contributed by atoms with Gasteiger partial charge >= 0.3 is 0 Å². The molecule has 0 aromatic heterocycles. The molecule has 1 aromatic carbocycles. The molecule has 1 aromatic rings. The van der Waals surface area contributed by atoms with E-state index in [4.69, 9.17) is 10.9 Å². The Labute approximate surface area is 65.8 Å². The summed E-state index contributed by atoms with van der Waals surface area (Å²) in [5.74, 6) is 0. The van der Waals surface area contributed by atoms with Crippen LogP contribution in [0.25, 0.3) is 0 Å². The number of hydrogen-bond donors (Lipinski definition) is 3. The van der Waals surface area contributed by atoms with Crippen LogP contribution >= 0.6 is 0 Å². The van der Waals surface area contributed by atoms with Crippen molar-refractivity contribution in [3.63, 3.8) is 0 Å². The lowest BCUT2D eigenvalue weighted by Crippen LogP contribution is -1.96. The molecular formula is C8H12N2O. The standard InChI is InChI=1S/C8H12N2O/c1-2-6-3-4-7(9)5-8(6)10-11/h3-5,10-11H,2,9H2,1H3. The van der Waals surface area contributed by atoms with E-state index < -0.39 is 0 Å². The fourth-order valence-electron chi connectivity index (χ4n) is 1.01. The van der Waals surface area contributed by atoms with Crippen LogP contribution < -0.4 is 11.2 Å². The van der Waals surface area contributed by atoms with Crippen LogP contribution in [-0.4, -0.2) is 5.21 Å². The average Bonchev–Trinajstić information content (AvgIpc) is 2.04. The third kappa shape index (κ3) is 1.62. The fraction of sp³-hybridized carbons (Fsp3) is 0.250. The second kappa shape index (κ2) is 3.25. The molecule has 0 radical (unpaired) electrons. The van der Waals surface area contributed by atoms with Gasteiger partial charge in [0.2, 0.25) is 0 Å². The van der Waals surface area contributed by atoms with Crippen LogP contribution in [0.4, 0.5) is 11.4 Å². The molecular weight excluding hydrogens is 140 g/mol. The highest BCUT2D eigenvalue weighted by atomic mass is 16.5. The van der Waals surface area contributed by atoms with Crippen LogP contribution in [0.1, 0.15) is 12.5 Å². The van der Waals surface area contributed by atoms with E-state index in [1.165, 1.54) is 0 Å². The first-order chi connectivity index (χ1) is 5.27. The van der Waals surface area contributed by atoms with E-state index in [0.717, 1.165) is 12.0 Å². The molecule has 0 spiro atoms. The Morgan fingerprint density at radius 2 is 2.27 bits per heavy atom. The summed E-state index contributed by atoms with van der Waals surface area (Å²) in [7, 11) is 0. The van der Waals surface area contributed by atoms with Crippen LogP contribution in [0.5, 0.6) is 0 Å². The molecule has 0 unspecified atom stereocenters. The monoisotopic (exact) mass is 152 g/mol. The molecule has 0 fully saturated rings. The number of rotatable bonds is 2. The van der Waals surface area contributed by atoms with Crippen molar-refractivity contribution in [3.8, 4) is 0 Å². The maximum atomic E-state index is 8.67. The van der Waals surface area contributed by atoms with E-state index in [2.05, 4.69) is 5.48 Å². The van der Waals surface area contributed by atoms with Gasteiger partial charge in [0.15, 0.2) is 0 Å². The van der Waals surface area contributed by atoms with E-state index in [0.29, 0.717) is 11.4 Å². The molecule has 0 bridgehead atoms. The molecule has 3 heteroatoms. The second-order valence-corrected chi connectivity index (χ2v) is 2.38. The van der Waals surface area contributed by atoms with E-state index in [-0.39, 0.29) is 0 Å². The number of hydrogen-bond acceptors (Lipinski definition) is 3. The molecule has 60 valence electrons. The van der Waals surface area contributed by atoms with Crippen molar-refractivity contribution >= 4 is 11.4 Å². The molecule has 11 heavy (non-hydrogen) atoms. The number of aryl methyl sites for hydroxylation is 1. The molecule has 0 aliphatic heterocycles. The molecule has 0 atom stereocenters. The predicted octanol–water partition coefficient (Wildman–Crippen LogP) is 1.63. The minimum Gasteiger partial charge on any atom is -0.399 e. The lowest BCUT2D eigenvalue weighted by atomic mass is 10.1. The van der Waals surface area contributed by atoms with E-state index in [1.54, 1.807) is 6.07 Å². The van der Waals surface area contributed by atoms with Gasteiger partial charge in [0.1, 0.15) is 0 Å². The van der Waals surface area contributed by atoms with Gasteiger partial charge in [0, 0.05) is 5.69 Å². The molecule has 3 nitrogen and oxygen atoms in total. The van der Waals surface area contributed by atoms with Gasteiger partial charge in [-0.2, -0.15) is 0 Å². The van der Waals surface area contributed by atoms with Gasteiger partial charge in [0.05, 0.1) is 5.69 Å². The van der Waals surface area contributed by atoms with Crippen molar-refractivity contribution in [1.82, 2.24) is 0 Å². The van der Waals surface area contributed by atoms with Crippen molar-refractivity contribution in [2.75, 3.05) is 11.2 Å². The number of nitrogen functional groups attached to an aromatic ring is 1. The summed E-state index contributed by atoms with van der Waals surface area (Å²) < 4.78 is 0. The Bertz CT molecular complexity index is 248. The Morgan fingerprint density at radius 1 is 1.55 bits per heavy atom. The molecule has 0 aliphatic rings. The smallest absolute Gasteiger partial charge is 0.0654 e. The summed E-state index contributed by atoms with van der Waals surface area (Å²) in [6, 6.07) is 5.42. The quantitative estimate of drug-likeness (QED) is 0.446. The topological polar surface area (TPSA) is 58.3 Å². The van der Waals surface area contributed by atoms with Crippen molar-refractivity contribution < 1.29 is 5.21 Å². The Hall–Kier alpha value is -1.22. The summed E-state index contributed by atoms with van der Waals surface area (Å²) in [5.41, 5.74) is 10.0. The Kier molecular flexibility index (Phi) is 2.33. The van der Waals surface area contributed by atoms with Crippen molar-refractivity contribution in [2.24, 2.45) is 0 Å². The molecule has 0 amide bonds. The predicted molar refractivity (Wildman–Crippen MR) is 45.6 cm³/mol. The van der Waals surface area contributed by atoms with E-state index in [1.807, 2.05) is 19.1 Å². The van der Waals surface area contributed by atoms with Crippen LogP contribution in [0.15, 0.2) is 18.2 Å². The Balaban J connectivity index is 3.06. The molecule has 0 saturated heterocycles. The largest absolute Gasteiger partial charge is 0.399 e. The first kappa shape index (κ1) is 7.88. The first-order valence-corrected chi connectivity index (χ1v) is 3.56. The Morgan fingerprint density at radius 3 is 2.82 bits per heavy atom. The second-order valence-electron chi connectivity index (χ2n) is 2.38. The van der Waals surface area contributed by atoms with Crippen molar-refractivity contribution in [2.45, 2.75) is 13.3 Å². The number of nitrogens with two attached hydrogens (primary N) is 1. The molecule has 4 N–H and O–H groups in total. The van der Waals surface area contributed by atoms with E-state index >= 15 is 0 Å². The molecule has 0 saturated carbocycles. The van der Waals surface area contributed by atoms with E-state index in [9.17, 15) is 0 Å². The number of benzene rings is 1. The van der Waals surface area contributed by atoms with Crippen LogP contribution in [0.3, 0.4) is 0 Å². The minimum absolute atomic E-state index is 0.652. The highest BCUT2D eigenvalue weighted by Gasteiger charge is 1.98. The third-order valence-corrected chi connectivity index (χ3v) is 1.64. The first-order valence-electron chi connectivity index (χ1n) is 3.56. The van der Waals surface area contributed by atoms with Crippen LogP contribution in [-0.2, 0) is 6.42 Å². The number of anilines is 2. The lowest BCUT2D eigenvalue weighted by molar-refractivity contribution is 0.388. The molecule has 1 rings (SSSR count). The van der Waals surface area contributed by atoms with Crippen LogP contribution in [0.2, 0.25) is 0 Å². The van der Waals surface area contributed by atoms with Crippen molar-refractivity contribution in [3.05, 3.63) is 23.8 Å². The maximum Gasteiger partial charge on any atom is 0.0654 e. The summed E-state index contributed by atoms with van der Waals surface area (Å²) in [4.78, 5) is 0. The summed E-state index contributed by atoms with van der Waals surface area (Å²) in [5, 5.41) is 8.67. The number of nitrogens with one attached hydrogen (secondary N) is 1. The van der Waals surface area contributed by atoms with Gasteiger partial charge in [-0.05, 0) is 24.1 Å². The third-order valence-electron chi connectivity index (χ3n) is 1.64. The van der Waals surface area contributed by atoms with Gasteiger partial charge in [-0.15, -0.1) is 0 Å². The molecule has 0 heterocycles.